The average Bonchev–Trinajstić information content (AvgIpc) is 3.03. The van der Waals surface area contributed by atoms with Crippen LogP contribution in [0.3, 0.4) is 0 Å². The Morgan fingerprint density at radius 1 is 1.26 bits per heavy atom. The first-order chi connectivity index (χ1) is 11.2. The lowest BCUT2D eigenvalue weighted by Gasteiger charge is -2.07. The molecule has 2 heterocycles. The summed E-state index contributed by atoms with van der Waals surface area (Å²) in [5, 5.41) is 1.00. The van der Waals surface area contributed by atoms with Gasteiger partial charge in [0.1, 0.15) is 6.26 Å². The van der Waals surface area contributed by atoms with Crippen LogP contribution in [0.1, 0.15) is 28.9 Å². The van der Waals surface area contributed by atoms with Crippen LogP contribution >= 0.6 is 0 Å². The van der Waals surface area contributed by atoms with E-state index >= 15 is 0 Å². The Morgan fingerprint density at radius 2 is 2.09 bits per heavy atom. The maximum absolute atomic E-state index is 11.6. The standard InChI is InChI=1S/C17H16N2O4/c1-3-22-17(20)14-10-23-15(18-14)9-12-8-11-6-4-5-7-13(11)19-16(12)21-2/h4-8,10H,3,9H2,1-2H3. The third-order valence-electron chi connectivity index (χ3n) is 3.33. The molecule has 0 spiro atoms. The number of nitrogens with zero attached hydrogens (tertiary/aromatic N) is 2. The van der Waals surface area contributed by atoms with Crippen LogP contribution in [0, 0.1) is 0 Å². The predicted octanol–water partition coefficient (Wildman–Crippen LogP) is 3.00. The van der Waals surface area contributed by atoms with E-state index in [1.807, 2.05) is 30.3 Å². The minimum Gasteiger partial charge on any atom is -0.481 e. The van der Waals surface area contributed by atoms with Gasteiger partial charge in [-0.15, -0.1) is 0 Å². The molecule has 6 nitrogen and oxygen atoms in total. The fourth-order valence-corrected chi connectivity index (χ4v) is 2.30. The van der Waals surface area contributed by atoms with Crippen molar-refractivity contribution in [2.75, 3.05) is 13.7 Å². The second-order valence-corrected chi connectivity index (χ2v) is 4.87. The summed E-state index contributed by atoms with van der Waals surface area (Å²) in [5.41, 5.74) is 1.85. The van der Waals surface area contributed by atoms with Crippen molar-refractivity contribution in [1.29, 1.82) is 0 Å². The zero-order valence-corrected chi connectivity index (χ0v) is 12.9. The molecule has 0 atom stereocenters. The molecule has 0 bridgehead atoms. The first-order valence-corrected chi connectivity index (χ1v) is 7.25. The molecule has 0 aliphatic heterocycles. The van der Waals surface area contributed by atoms with E-state index in [0.29, 0.717) is 24.8 Å². The molecule has 6 heteroatoms. The molecule has 0 amide bonds. The lowest BCUT2D eigenvalue weighted by atomic mass is 10.1. The number of ether oxygens (including phenoxy) is 2. The summed E-state index contributed by atoms with van der Waals surface area (Å²) < 4.78 is 15.6. The van der Waals surface area contributed by atoms with E-state index in [4.69, 9.17) is 13.9 Å². The molecule has 0 fully saturated rings. The molecule has 118 valence electrons. The number of hydrogen-bond donors (Lipinski definition) is 0. The monoisotopic (exact) mass is 312 g/mol. The first-order valence-electron chi connectivity index (χ1n) is 7.25. The van der Waals surface area contributed by atoms with Gasteiger partial charge in [-0.25, -0.2) is 14.8 Å². The summed E-state index contributed by atoms with van der Waals surface area (Å²) in [6.45, 7) is 2.04. The van der Waals surface area contributed by atoms with E-state index in [1.54, 1.807) is 14.0 Å². The summed E-state index contributed by atoms with van der Waals surface area (Å²) in [6.07, 6.45) is 1.68. The summed E-state index contributed by atoms with van der Waals surface area (Å²) in [7, 11) is 1.57. The van der Waals surface area contributed by atoms with Gasteiger partial charge in [0.05, 0.1) is 25.7 Å². The van der Waals surface area contributed by atoms with Gasteiger partial charge in [0.2, 0.25) is 5.88 Å². The molecule has 0 saturated heterocycles. The second kappa shape index (κ2) is 6.48. The van der Waals surface area contributed by atoms with Crippen molar-refractivity contribution < 1.29 is 18.7 Å². The number of oxazole rings is 1. The lowest BCUT2D eigenvalue weighted by molar-refractivity contribution is 0.0519. The largest absolute Gasteiger partial charge is 0.481 e. The molecular formula is C17H16N2O4. The normalized spacial score (nSPS) is 10.7. The predicted molar refractivity (Wildman–Crippen MR) is 83.6 cm³/mol. The third kappa shape index (κ3) is 3.15. The van der Waals surface area contributed by atoms with Crippen LogP contribution in [0.2, 0.25) is 0 Å². The number of aromatic nitrogens is 2. The minimum absolute atomic E-state index is 0.162. The Bertz CT molecular complexity index is 841. The maximum Gasteiger partial charge on any atom is 0.360 e. The number of para-hydroxylation sites is 1. The molecule has 2 aromatic heterocycles. The molecule has 3 aromatic rings. The molecule has 3 rings (SSSR count). The van der Waals surface area contributed by atoms with Crippen molar-refractivity contribution >= 4 is 16.9 Å². The summed E-state index contributed by atoms with van der Waals surface area (Å²) >= 11 is 0. The number of fused-ring (bicyclic) bond motifs is 1. The van der Waals surface area contributed by atoms with Crippen molar-refractivity contribution in [2.24, 2.45) is 0 Å². The molecule has 23 heavy (non-hydrogen) atoms. The molecule has 0 aliphatic carbocycles. The Hall–Kier alpha value is -2.89. The van der Waals surface area contributed by atoms with E-state index in [9.17, 15) is 4.79 Å². The average molecular weight is 312 g/mol. The van der Waals surface area contributed by atoms with E-state index in [-0.39, 0.29) is 5.69 Å². The Kier molecular flexibility index (Phi) is 4.23. The molecule has 0 radical (unpaired) electrons. The van der Waals surface area contributed by atoms with Crippen LogP contribution < -0.4 is 4.74 Å². The molecule has 0 aliphatic rings. The van der Waals surface area contributed by atoms with Crippen molar-refractivity contribution in [1.82, 2.24) is 9.97 Å². The molecule has 0 N–H and O–H groups in total. The molecule has 1 aromatic carbocycles. The van der Waals surface area contributed by atoms with Crippen LogP contribution in [-0.2, 0) is 11.2 Å². The maximum atomic E-state index is 11.6. The highest BCUT2D eigenvalue weighted by atomic mass is 16.5. The second-order valence-electron chi connectivity index (χ2n) is 4.87. The van der Waals surface area contributed by atoms with Gasteiger partial charge >= 0.3 is 5.97 Å². The van der Waals surface area contributed by atoms with Crippen LogP contribution in [-0.4, -0.2) is 29.7 Å². The number of benzene rings is 1. The number of carbonyl (C=O) groups is 1. The zero-order chi connectivity index (χ0) is 16.2. The van der Waals surface area contributed by atoms with Crippen LogP contribution in [0.4, 0.5) is 0 Å². The number of carbonyl (C=O) groups excluding carboxylic acids is 1. The van der Waals surface area contributed by atoms with Crippen molar-refractivity contribution in [3.63, 3.8) is 0 Å². The highest BCUT2D eigenvalue weighted by molar-refractivity contribution is 5.86. The fourth-order valence-electron chi connectivity index (χ4n) is 2.30. The highest BCUT2D eigenvalue weighted by Gasteiger charge is 2.15. The quantitative estimate of drug-likeness (QED) is 0.674. The molecule has 0 unspecified atom stereocenters. The first kappa shape index (κ1) is 15.0. The van der Waals surface area contributed by atoms with Gasteiger partial charge in [-0.3, -0.25) is 0 Å². The Morgan fingerprint density at radius 3 is 2.87 bits per heavy atom. The van der Waals surface area contributed by atoms with Crippen molar-refractivity contribution in [3.8, 4) is 5.88 Å². The van der Waals surface area contributed by atoms with E-state index in [1.165, 1.54) is 6.26 Å². The van der Waals surface area contributed by atoms with Gasteiger partial charge in [0.25, 0.3) is 0 Å². The smallest absolute Gasteiger partial charge is 0.360 e. The zero-order valence-electron chi connectivity index (χ0n) is 12.9. The van der Waals surface area contributed by atoms with Gasteiger partial charge in [-0.2, -0.15) is 0 Å². The third-order valence-corrected chi connectivity index (χ3v) is 3.33. The number of rotatable bonds is 5. The van der Waals surface area contributed by atoms with Crippen LogP contribution in [0.5, 0.6) is 5.88 Å². The van der Waals surface area contributed by atoms with E-state index < -0.39 is 5.97 Å². The molecular weight excluding hydrogens is 296 g/mol. The van der Waals surface area contributed by atoms with Crippen LogP contribution in [0.25, 0.3) is 10.9 Å². The molecule has 0 saturated carbocycles. The summed E-state index contributed by atoms with van der Waals surface area (Å²) in [4.78, 5) is 20.3. The topological polar surface area (TPSA) is 74.5 Å². The van der Waals surface area contributed by atoms with Gasteiger partial charge < -0.3 is 13.9 Å². The fraction of sp³-hybridized carbons (Fsp3) is 0.235. The van der Waals surface area contributed by atoms with Crippen LogP contribution in [0.15, 0.2) is 41.0 Å². The van der Waals surface area contributed by atoms with E-state index in [2.05, 4.69) is 9.97 Å². The summed E-state index contributed by atoms with van der Waals surface area (Å²) in [6, 6.07) is 9.75. The Balaban J connectivity index is 1.90. The summed E-state index contributed by atoms with van der Waals surface area (Å²) in [5.74, 6) is 0.425. The van der Waals surface area contributed by atoms with Gasteiger partial charge in [0.15, 0.2) is 11.6 Å². The van der Waals surface area contributed by atoms with Crippen molar-refractivity contribution in [2.45, 2.75) is 13.3 Å². The number of pyridine rings is 1. The van der Waals surface area contributed by atoms with E-state index in [0.717, 1.165) is 16.5 Å². The Labute approximate surface area is 133 Å². The van der Waals surface area contributed by atoms with Gasteiger partial charge in [-0.1, -0.05) is 18.2 Å². The minimum atomic E-state index is -0.494. The van der Waals surface area contributed by atoms with Gasteiger partial charge in [0, 0.05) is 10.9 Å². The number of methoxy groups -OCH3 is 1. The van der Waals surface area contributed by atoms with Crippen molar-refractivity contribution in [3.05, 3.63) is 53.7 Å². The number of esters is 1. The SMILES string of the molecule is CCOC(=O)c1coc(Cc2cc3ccccc3nc2OC)n1. The van der Waals surface area contributed by atoms with Gasteiger partial charge in [-0.05, 0) is 19.1 Å². The lowest BCUT2D eigenvalue weighted by Crippen LogP contribution is -2.05. The number of hydrogen-bond acceptors (Lipinski definition) is 6. The highest BCUT2D eigenvalue weighted by Crippen LogP contribution is 2.24.